The average molecular weight is 258 g/mol. The van der Waals surface area contributed by atoms with Gasteiger partial charge in [0.15, 0.2) is 0 Å². The third kappa shape index (κ3) is 2.98. The van der Waals surface area contributed by atoms with Gasteiger partial charge < -0.3 is 10.1 Å². The zero-order valence-electron chi connectivity index (χ0n) is 12.1. The van der Waals surface area contributed by atoms with Gasteiger partial charge in [-0.25, -0.2) is 4.98 Å². The van der Waals surface area contributed by atoms with Crippen LogP contribution in [0, 0.1) is 5.92 Å². The van der Waals surface area contributed by atoms with E-state index in [-0.39, 0.29) is 0 Å². The lowest BCUT2D eigenvalue weighted by molar-refractivity contribution is 0.415. The second kappa shape index (κ2) is 5.91. The van der Waals surface area contributed by atoms with Gasteiger partial charge in [0.2, 0.25) is 0 Å². The molecule has 0 aliphatic carbocycles. The van der Waals surface area contributed by atoms with Crippen molar-refractivity contribution in [3.63, 3.8) is 0 Å². The molecule has 1 aromatic heterocycles. The van der Waals surface area contributed by atoms with Crippen LogP contribution in [-0.4, -0.2) is 18.1 Å². The lowest BCUT2D eigenvalue weighted by Crippen LogP contribution is -2.23. The normalized spacial score (nSPS) is 14.1. The second-order valence-corrected chi connectivity index (χ2v) is 5.07. The Morgan fingerprint density at radius 2 is 2.05 bits per heavy atom. The van der Waals surface area contributed by atoms with Crippen LogP contribution in [0.1, 0.15) is 27.2 Å². The SMILES string of the molecule is CCC(C)C(C)Nc1nccc2ccc(OC)cc12. The molecule has 0 fully saturated rings. The highest BCUT2D eigenvalue weighted by atomic mass is 16.5. The molecule has 2 rings (SSSR count). The van der Waals surface area contributed by atoms with Crippen LogP contribution < -0.4 is 10.1 Å². The first-order chi connectivity index (χ1) is 9.15. The molecule has 0 radical (unpaired) electrons. The van der Waals surface area contributed by atoms with Gasteiger partial charge in [0.05, 0.1) is 7.11 Å². The van der Waals surface area contributed by atoms with E-state index in [0.29, 0.717) is 12.0 Å². The predicted octanol–water partition coefficient (Wildman–Crippen LogP) is 4.09. The first-order valence-corrected chi connectivity index (χ1v) is 6.85. The van der Waals surface area contributed by atoms with Crippen molar-refractivity contribution < 1.29 is 4.74 Å². The molecule has 0 aliphatic heterocycles. The summed E-state index contributed by atoms with van der Waals surface area (Å²) >= 11 is 0. The topological polar surface area (TPSA) is 34.2 Å². The van der Waals surface area contributed by atoms with E-state index in [4.69, 9.17) is 4.74 Å². The van der Waals surface area contributed by atoms with Crippen molar-refractivity contribution in [2.75, 3.05) is 12.4 Å². The van der Waals surface area contributed by atoms with Crippen molar-refractivity contribution in [2.45, 2.75) is 33.2 Å². The Hall–Kier alpha value is -1.77. The van der Waals surface area contributed by atoms with Gasteiger partial charge in [0, 0.05) is 17.6 Å². The summed E-state index contributed by atoms with van der Waals surface area (Å²) < 4.78 is 5.30. The Balaban J connectivity index is 2.36. The van der Waals surface area contributed by atoms with E-state index >= 15 is 0 Å². The molecule has 2 unspecified atom stereocenters. The van der Waals surface area contributed by atoms with Crippen molar-refractivity contribution >= 4 is 16.6 Å². The number of ether oxygens (including phenoxy) is 1. The third-order valence-corrected chi connectivity index (χ3v) is 3.84. The predicted molar refractivity (Wildman–Crippen MR) is 80.8 cm³/mol. The Bertz CT molecular complexity index is 553. The maximum Gasteiger partial charge on any atom is 0.134 e. The molecule has 19 heavy (non-hydrogen) atoms. The van der Waals surface area contributed by atoms with Gasteiger partial charge in [-0.3, -0.25) is 0 Å². The number of aromatic nitrogens is 1. The number of anilines is 1. The quantitative estimate of drug-likeness (QED) is 0.877. The fourth-order valence-electron chi connectivity index (χ4n) is 2.10. The molecule has 2 atom stereocenters. The first kappa shape index (κ1) is 13.7. The molecule has 1 N–H and O–H groups in total. The van der Waals surface area contributed by atoms with Gasteiger partial charge >= 0.3 is 0 Å². The van der Waals surface area contributed by atoms with Gasteiger partial charge in [-0.1, -0.05) is 26.3 Å². The van der Waals surface area contributed by atoms with Gasteiger partial charge in [-0.2, -0.15) is 0 Å². The lowest BCUT2D eigenvalue weighted by Gasteiger charge is -2.21. The van der Waals surface area contributed by atoms with Crippen LogP contribution in [0.3, 0.4) is 0 Å². The summed E-state index contributed by atoms with van der Waals surface area (Å²) in [6.07, 6.45) is 3.00. The summed E-state index contributed by atoms with van der Waals surface area (Å²) in [6, 6.07) is 8.50. The van der Waals surface area contributed by atoms with E-state index in [9.17, 15) is 0 Å². The van der Waals surface area contributed by atoms with E-state index in [0.717, 1.165) is 23.4 Å². The first-order valence-electron chi connectivity index (χ1n) is 6.85. The summed E-state index contributed by atoms with van der Waals surface area (Å²) in [5.74, 6) is 2.41. The minimum Gasteiger partial charge on any atom is -0.497 e. The molecule has 0 saturated heterocycles. The summed E-state index contributed by atoms with van der Waals surface area (Å²) in [7, 11) is 1.69. The Morgan fingerprint density at radius 3 is 2.74 bits per heavy atom. The number of nitrogens with zero attached hydrogens (tertiary/aromatic N) is 1. The lowest BCUT2D eigenvalue weighted by atomic mass is 10.0. The van der Waals surface area contributed by atoms with E-state index in [1.54, 1.807) is 7.11 Å². The number of nitrogens with one attached hydrogen (secondary N) is 1. The zero-order valence-corrected chi connectivity index (χ0v) is 12.1. The molecule has 1 heterocycles. The van der Waals surface area contributed by atoms with Crippen molar-refractivity contribution in [1.29, 1.82) is 0 Å². The van der Waals surface area contributed by atoms with Gasteiger partial charge in [0.1, 0.15) is 11.6 Å². The highest BCUT2D eigenvalue weighted by Gasteiger charge is 2.12. The van der Waals surface area contributed by atoms with E-state index in [1.165, 1.54) is 5.39 Å². The van der Waals surface area contributed by atoms with Gasteiger partial charge in [-0.15, -0.1) is 0 Å². The van der Waals surface area contributed by atoms with Crippen molar-refractivity contribution in [1.82, 2.24) is 4.98 Å². The maximum absolute atomic E-state index is 5.30. The number of hydrogen-bond donors (Lipinski definition) is 1. The van der Waals surface area contributed by atoms with E-state index in [1.807, 2.05) is 24.4 Å². The van der Waals surface area contributed by atoms with Crippen molar-refractivity contribution in [3.05, 3.63) is 30.5 Å². The van der Waals surface area contributed by atoms with E-state index < -0.39 is 0 Å². The minimum atomic E-state index is 0.398. The molecule has 0 aliphatic rings. The van der Waals surface area contributed by atoms with Crippen LogP contribution in [-0.2, 0) is 0 Å². The molecule has 3 heteroatoms. The van der Waals surface area contributed by atoms with E-state index in [2.05, 4.69) is 37.1 Å². The molecular weight excluding hydrogens is 236 g/mol. The Labute approximate surface area is 115 Å². The van der Waals surface area contributed by atoms with Crippen LogP contribution in [0.4, 0.5) is 5.82 Å². The molecule has 0 spiro atoms. The summed E-state index contributed by atoms with van der Waals surface area (Å²) in [4.78, 5) is 4.47. The molecule has 1 aromatic carbocycles. The number of pyridine rings is 1. The van der Waals surface area contributed by atoms with Crippen LogP contribution in [0.15, 0.2) is 30.5 Å². The van der Waals surface area contributed by atoms with Crippen LogP contribution in [0.2, 0.25) is 0 Å². The molecule has 3 nitrogen and oxygen atoms in total. The average Bonchev–Trinajstić information content (AvgIpc) is 2.46. The minimum absolute atomic E-state index is 0.398. The number of fused-ring (bicyclic) bond motifs is 1. The van der Waals surface area contributed by atoms with Gasteiger partial charge in [0.25, 0.3) is 0 Å². The van der Waals surface area contributed by atoms with Crippen LogP contribution in [0.5, 0.6) is 5.75 Å². The standard InChI is InChI=1S/C16H22N2O/c1-5-11(2)12(3)18-16-15-10-14(19-4)7-6-13(15)8-9-17-16/h6-12H,5H2,1-4H3,(H,17,18). The smallest absolute Gasteiger partial charge is 0.134 e. The number of benzene rings is 1. The monoisotopic (exact) mass is 258 g/mol. The Morgan fingerprint density at radius 1 is 1.26 bits per heavy atom. The molecule has 0 bridgehead atoms. The second-order valence-electron chi connectivity index (χ2n) is 5.07. The van der Waals surface area contributed by atoms with Crippen LogP contribution >= 0.6 is 0 Å². The number of rotatable bonds is 5. The summed E-state index contributed by atoms with van der Waals surface area (Å²) in [5.41, 5.74) is 0. The Kier molecular flexibility index (Phi) is 4.25. The fraction of sp³-hybridized carbons (Fsp3) is 0.438. The zero-order chi connectivity index (χ0) is 13.8. The number of hydrogen-bond acceptors (Lipinski definition) is 3. The maximum atomic E-state index is 5.30. The molecule has 2 aromatic rings. The third-order valence-electron chi connectivity index (χ3n) is 3.84. The fourth-order valence-corrected chi connectivity index (χ4v) is 2.10. The summed E-state index contributed by atoms with van der Waals surface area (Å²) in [6.45, 7) is 6.67. The largest absolute Gasteiger partial charge is 0.497 e. The highest BCUT2D eigenvalue weighted by molar-refractivity contribution is 5.92. The van der Waals surface area contributed by atoms with Gasteiger partial charge in [-0.05, 0) is 36.4 Å². The molecular formula is C16H22N2O. The summed E-state index contributed by atoms with van der Waals surface area (Å²) in [5, 5.41) is 5.80. The van der Waals surface area contributed by atoms with Crippen LogP contribution in [0.25, 0.3) is 10.8 Å². The van der Waals surface area contributed by atoms with Crippen molar-refractivity contribution in [3.8, 4) is 5.75 Å². The highest BCUT2D eigenvalue weighted by Crippen LogP contribution is 2.26. The van der Waals surface area contributed by atoms with Crippen molar-refractivity contribution in [2.24, 2.45) is 5.92 Å². The molecule has 0 saturated carbocycles. The number of methoxy groups -OCH3 is 1. The molecule has 0 amide bonds. The molecule has 102 valence electrons.